The number of hydrogen-bond acceptors (Lipinski definition) is 1. The number of rotatable bonds is 10. The zero-order chi connectivity index (χ0) is 25.5. The monoisotopic (exact) mass is 503 g/mol. The second-order valence-corrected chi connectivity index (χ2v) is 10.4. The zero-order valence-electron chi connectivity index (χ0n) is 21.4. The maximum atomic E-state index is 6.20. The molecule has 1 nitrogen and oxygen atoms in total. The van der Waals surface area contributed by atoms with Gasteiger partial charge in [-0.1, -0.05) is 109 Å². The van der Waals surface area contributed by atoms with Crippen LogP contribution in [-0.2, 0) is 6.54 Å². The van der Waals surface area contributed by atoms with Gasteiger partial charge in [-0.15, -0.1) is 0 Å². The molecule has 5 rings (SSSR count). The van der Waals surface area contributed by atoms with Gasteiger partial charge in [0.2, 0.25) is 0 Å². The van der Waals surface area contributed by atoms with Crippen LogP contribution >= 0.6 is 11.6 Å². The third-order valence-electron chi connectivity index (χ3n) is 7.31. The minimum absolute atomic E-state index is 0.345. The second kappa shape index (κ2) is 12.2. The summed E-state index contributed by atoms with van der Waals surface area (Å²) >= 11 is 6.20. The van der Waals surface area contributed by atoms with Gasteiger partial charge in [-0.05, 0) is 94.6 Å². The summed E-state index contributed by atoms with van der Waals surface area (Å²) in [4.78, 5) is 0. The Kier molecular flexibility index (Phi) is 8.35. The van der Waals surface area contributed by atoms with E-state index in [1.807, 2.05) is 12.1 Å². The summed E-state index contributed by atoms with van der Waals surface area (Å²) in [6.07, 6.45) is 7.89. The molecule has 5 aromatic rings. The number of halogens is 1. The van der Waals surface area contributed by atoms with Crippen LogP contribution < -0.4 is 5.32 Å². The van der Waals surface area contributed by atoms with Gasteiger partial charge in [0.15, 0.2) is 0 Å². The van der Waals surface area contributed by atoms with Gasteiger partial charge in [0.1, 0.15) is 0 Å². The normalized spacial score (nSPS) is 13.4. The van der Waals surface area contributed by atoms with Crippen LogP contribution in [0, 0.1) is 0 Å². The quantitative estimate of drug-likeness (QED) is 0.187. The van der Waals surface area contributed by atoms with E-state index in [0.717, 1.165) is 30.8 Å². The van der Waals surface area contributed by atoms with Gasteiger partial charge in [0.05, 0.1) is 0 Å². The lowest BCUT2D eigenvalue weighted by molar-refractivity contribution is 0.430. The summed E-state index contributed by atoms with van der Waals surface area (Å²) in [5.41, 5.74) is 3.93. The number of hydrogen-bond donors (Lipinski definition) is 1. The molecule has 0 fully saturated rings. The van der Waals surface area contributed by atoms with Crippen LogP contribution in [0.1, 0.15) is 48.8 Å². The summed E-state index contributed by atoms with van der Waals surface area (Å²) in [5, 5.41) is 9.76. The Morgan fingerprint density at radius 2 is 1.38 bits per heavy atom. The fourth-order valence-electron chi connectivity index (χ4n) is 5.17. The molecule has 0 amide bonds. The van der Waals surface area contributed by atoms with Crippen molar-refractivity contribution in [2.75, 3.05) is 0 Å². The van der Waals surface area contributed by atoms with Gasteiger partial charge in [-0.25, -0.2) is 0 Å². The molecule has 2 heteroatoms. The lowest BCUT2D eigenvalue weighted by Crippen LogP contribution is -2.32. The van der Waals surface area contributed by atoms with Gasteiger partial charge in [-0.2, -0.15) is 0 Å². The lowest BCUT2D eigenvalue weighted by atomic mass is 9.87. The predicted molar refractivity (Wildman–Crippen MR) is 161 cm³/mol. The summed E-state index contributed by atoms with van der Waals surface area (Å²) < 4.78 is 0. The first-order chi connectivity index (χ1) is 18.2. The summed E-state index contributed by atoms with van der Waals surface area (Å²) in [7, 11) is 0. The topological polar surface area (TPSA) is 12.0 Å². The lowest BCUT2D eigenvalue weighted by Gasteiger charge is -2.26. The van der Waals surface area contributed by atoms with E-state index < -0.39 is 0 Å². The van der Waals surface area contributed by atoms with E-state index >= 15 is 0 Å². The Morgan fingerprint density at radius 3 is 2.11 bits per heavy atom. The molecule has 0 aliphatic heterocycles. The van der Waals surface area contributed by atoms with E-state index in [1.54, 1.807) is 0 Å². The average Bonchev–Trinajstić information content (AvgIpc) is 2.94. The van der Waals surface area contributed by atoms with Crippen LogP contribution in [0.2, 0.25) is 5.02 Å². The SMILES string of the molecule is CC(NCc1ccc2ccccc2c1)C(CCCC=Cc1ccc2ccccc2c1)c1ccc(Cl)cc1. The predicted octanol–water partition coefficient (Wildman–Crippen LogP) is 9.79. The highest BCUT2D eigenvalue weighted by molar-refractivity contribution is 6.30. The number of nitrogens with one attached hydrogen (secondary N) is 1. The van der Waals surface area contributed by atoms with E-state index in [9.17, 15) is 0 Å². The molecule has 0 radical (unpaired) electrons. The number of fused-ring (bicyclic) bond motifs is 2. The largest absolute Gasteiger partial charge is 0.310 e. The van der Waals surface area contributed by atoms with Gasteiger partial charge < -0.3 is 5.32 Å². The van der Waals surface area contributed by atoms with Crippen LogP contribution in [0.4, 0.5) is 0 Å². The fourth-order valence-corrected chi connectivity index (χ4v) is 5.30. The minimum atomic E-state index is 0.345. The Bertz CT molecular complexity index is 1480. The molecule has 2 atom stereocenters. The molecule has 186 valence electrons. The maximum absolute atomic E-state index is 6.20. The molecule has 0 spiro atoms. The smallest absolute Gasteiger partial charge is 0.0406 e. The first-order valence-corrected chi connectivity index (χ1v) is 13.7. The third kappa shape index (κ3) is 6.68. The van der Waals surface area contributed by atoms with Crippen molar-refractivity contribution in [2.24, 2.45) is 0 Å². The van der Waals surface area contributed by atoms with Crippen molar-refractivity contribution in [3.8, 4) is 0 Å². The van der Waals surface area contributed by atoms with Crippen molar-refractivity contribution in [3.63, 3.8) is 0 Å². The van der Waals surface area contributed by atoms with Crippen molar-refractivity contribution in [3.05, 3.63) is 137 Å². The molecule has 0 heterocycles. The van der Waals surface area contributed by atoms with Crippen molar-refractivity contribution >= 4 is 39.2 Å². The van der Waals surface area contributed by atoms with Crippen LogP contribution in [0.25, 0.3) is 27.6 Å². The molecule has 37 heavy (non-hydrogen) atoms. The number of allylic oxidation sites excluding steroid dienone is 1. The molecule has 0 bridgehead atoms. The van der Waals surface area contributed by atoms with E-state index in [2.05, 4.69) is 121 Å². The Hall–Kier alpha value is -3.39. The first-order valence-electron chi connectivity index (χ1n) is 13.3. The van der Waals surface area contributed by atoms with E-state index in [4.69, 9.17) is 11.6 Å². The molecule has 0 aromatic heterocycles. The Morgan fingerprint density at radius 1 is 0.730 bits per heavy atom. The third-order valence-corrected chi connectivity index (χ3v) is 7.57. The minimum Gasteiger partial charge on any atom is -0.310 e. The van der Waals surface area contributed by atoms with E-state index in [0.29, 0.717) is 12.0 Å². The Labute approximate surface area is 225 Å². The van der Waals surface area contributed by atoms with E-state index in [1.165, 1.54) is 38.2 Å². The number of unbranched alkanes of at least 4 members (excludes halogenated alkanes) is 1. The Balaban J connectivity index is 1.21. The van der Waals surface area contributed by atoms with Crippen LogP contribution in [-0.4, -0.2) is 6.04 Å². The van der Waals surface area contributed by atoms with Crippen LogP contribution in [0.5, 0.6) is 0 Å². The van der Waals surface area contributed by atoms with Gasteiger partial charge >= 0.3 is 0 Å². The van der Waals surface area contributed by atoms with Gasteiger partial charge in [0, 0.05) is 17.6 Å². The van der Waals surface area contributed by atoms with Crippen LogP contribution in [0.3, 0.4) is 0 Å². The van der Waals surface area contributed by atoms with E-state index in [-0.39, 0.29) is 0 Å². The summed E-state index contributed by atoms with van der Waals surface area (Å²) in [6.45, 7) is 3.17. The molecular weight excluding hydrogens is 470 g/mol. The summed E-state index contributed by atoms with van der Waals surface area (Å²) in [6, 6.07) is 39.2. The molecule has 0 aliphatic rings. The molecule has 1 N–H and O–H groups in total. The van der Waals surface area contributed by atoms with Crippen molar-refractivity contribution in [1.29, 1.82) is 0 Å². The molecule has 0 saturated carbocycles. The molecule has 0 aliphatic carbocycles. The fraction of sp³-hybridized carbons (Fsp3) is 0.200. The molecular formula is C35H34ClN. The zero-order valence-corrected chi connectivity index (χ0v) is 22.2. The highest BCUT2D eigenvalue weighted by atomic mass is 35.5. The highest BCUT2D eigenvalue weighted by Gasteiger charge is 2.19. The molecule has 2 unspecified atom stereocenters. The maximum Gasteiger partial charge on any atom is 0.0406 e. The van der Waals surface area contributed by atoms with Crippen molar-refractivity contribution < 1.29 is 0 Å². The van der Waals surface area contributed by atoms with Gasteiger partial charge in [-0.3, -0.25) is 0 Å². The second-order valence-electron chi connectivity index (χ2n) is 9.95. The number of benzene rings is 5. The standard InChI is InChI=1S/C35H34ClN/c1-26(37-25-28-16-18-30-11-6-8-13-33(30)24-28)35(31-19-21-34(36)22-20-31)14-4-2-3-9-27-15-17-29-10-5-7-12-32(29)23-27/h3,5-13,15-24,26,35,37H,2,4,14,25H2,1H3. The molecule has 5 aromatic carbocycles. The van der Waals surface area contributed by atoms with Crippen molar-refractivity contribution in [2.45, 2.75) is 44.7 Å². The molecule has 0 saturated heterocycles. The first kappa shape index (κ1) is 25.3. The van der Waals surface area contributed by atoms with Gasteiger partial charge in [0.25, 0.3) is 0 Å². The summed E-state index contributed by atoms with van der Waals surface area (Å²) in [5.74, 6) is 0.423. The van der Waals surface area contributed by atoms with Crippen LogP contribution in [0.15, 0.2) is 115 Å². The average molecular weight is 504 g/mol. The highest BCUT2D eigenvalue weighted by Crippen LogP contribution is 2.28. The van der Waals surface area contributed by atoms with Crippen molar-refractivity contribution in [1.82, 2.24) is 5.32 Å².